The van der Waals surface area contributed by atoms with Crippen LogP contribution < -0.4 is 10.1 Å². The molecule has 1 aromatic rings. The van der Waals surface area contributed by atoms with Crippen LogP contribution >= 0.6 is 0 Å². The topological polar surface area (TPSA) is 30.5 Å². The molecule has 1 unspecified atom stereocenters. The molecule has 3 nitrogen and oxygen atoms in total. The van der Waals surface area contributed by atoms with Crippen molar-refractivity contribution in [3.8, 4) is 5.75 Å². The smallest absolute Gasteiger partial charge is 0.416 e. The number of halogens is 3. The maximum absolute atomic E-state index is 12.4. The van der Waals surface area contributed by atoms with Gasteiger partial charge in [-0.05, 0) is 36.6 Å². The number of ether oxygens (including phenoxy) is 2. The second-order valence-electron chi connectivity index (χ2n) is 4.80. The van der Waals surface area contributed by atoms with Gasteiger partial charge >= 0.3 is 6.18 Å². The molecule has 0 radical (unpaired) electrons. The van der Waals surface area contributed by atoms with Crippen LogP contribution in [0.5, 0.6) is 5.75 Å². The zero-order chi connectivity index (χ0) is 14.4. The van der Waals surface area contributed by atoms with Crippen LogP contribution in [0.3, 0.4) is 0 Å². The van der Waals surface area contributed by atoms with E-state index in [1.54, 1.807) is 0 Å². The van der Waals surface area contributed by atoms with Gasteiger partial charge in [0, 0.05) is 19.7 Å². The summed E-state index contributed by atoms with van der Waals surface area (Å²) in [7, 11) is 0. The summed E-state index contributed by atoms with van der Waals surface area (Å²) in [5, 5.41) is 3.25. The molecule has 6 heteroatoms. The van der Waals surface area contributed by atoms with Crippen molar-refractivity contribution in [3.63, 3.8) is 0 Å². The van der Waals surface area contributed by atoms with Gasteiger partial charge in [0.2, 0.25) is 0 Å². The zero-order valence-corrected chi connectivity index (χ0v) is 11.1. The Balaban J connectivity index is 1.64. The predicted octanol–water partition coefficient (Wildman–Crippen LogP) is 2.71. The van der Waals surface area contributed by atoms with E-state index in [0.717, 1.165) is 38.3 Å². The van der Waals surface area contributed by atoms with E-state index < -0.39 is 11.7 Å². The van der Waals surface area contributed by atoms with Crippen molar-refractivity contribution < 1.29 is 22.6 Å². The van der Waals surface area contributed by atoms with E-state index in [1.807, 2.05) is 0 Å². The zero-order valence-electron chi connectivity index (χ0n) is 11.1. The number of rotatable bonds is 6. The van der Waals surface area contributed by atoms with Crippen molar-refractivity contribution in [1.29, 1.82) is 0 Å². The normalized spacial score (nSPS) is 19.2. The fourth-order valence-electron chi connectivity index (χ4n) is 2.03. The van der Waals surface area contributed by atoms with E-state index in [1.165, 1.54) is 12.1 Å². The summed E-state index contributed by atoms with van der Waals surface area (Å²) in [6.45, 7) is 3.61. The molecule has 1 atom stereocenters. The number of nitrogens with one attached hydrogen (secondary N) is 1. The lowest BCUT2D eigenvalue weighted by Gasteiger charge is -2.11. The Morgan fingerprint density at radius 3 is 2.60 bits per heavy atom. The van der Waals surface area contributed by atoms with Gasteiger partial charge in [0.1, 0.15) is 12.4 Å². The summed E-state index contributed by atoms with van der Waals surface area (Å²) in [6.07, 6.45) is -3.23. The Morgan fingerprint density at radius 1 is 1.25 bits per heavy atom. The third kappa shape index (κ3) is 4.68. The Labute approximate surface area is 116 Å². The highest BCUT2D eigenvalue weighted by molar-refractivity contribution is 5.28. The molecule has 0 saturated carbocycles. The minimum absolute atomic E-state index is 0.430. The molecule has 0 bridgehead atoms. The highest BCUT2D eigenvalue weighted by Crippen LogP contribution is 2.30. The SMILES string of the molecule is FC(F)(F)c1ccc(OCCNCC2CCOC2)cc1. The predicted molar refractivity (Wildman–Crippen MR) is 68.7 cm³/mol. The maximum Gasteiger partial charge on any atom is 0.416 e. The fourth-order valence-corrected chi connectivity index (χ4v) is 2.03. The van der Waals surface area contributed by atoms with E-state index >= 15 is 0 Å². The van der Waals surface area contributed by atoms with Crippen LogP contribution in [0.25, 0.3) is 0 Å². The summed E-state index contributed by atoms with van der Waals surface area (Å²) >= 11 is 0. The molecular formula is C14H18F3NO2. The molecule has 1 aliphatic heterocycles. The van der Waals surface area contributed by atoms with E-state index in [-0.39, 0.29) is 0 Å². The summed E-state index contributed by atoms with van der Waals surface area (Å²) in [4.78, 5) is 0. The van der Waals surface area contributed by atoms with Gasteiger partial charge in [0.15, 0.2) is 0 Å². The van der Waals surface area contributed by atoms with Gasteiger partial charge in [-0.25, -0.2) is 0 Å². The van der Waals surface area contributed by atoms with Gasteiger partial charge in [-0.2, -0.15) is 13.2 Å². The van der Waals surface area contributed by atoms with Crippen molar-refractivity contribution >= 4 is 0 Å². The molecule has 1 aromatic carbocycles. The van der Waals surface area contributed by atoms with E-state index in [2.05, 4.69) is 5.32 Å². The van der Waals surface area contributed by atoms with Gasteiger partial charge in [0.25, 0.3) is 0 Å². The van der Waals surface area contributed by atoms with Gasteiger partial charge in [-0.1, -0.05) is 0 Å². The van der Waals surface area contributed by atoms with Crippen LogP contribution in [0.1, 0.15) is 12.0 Å². The summed E-state index contributed by atoms with van der Waals surface area (Å²) in [5.41, 5.74) is -0.663. The first-order valence-electron chi connectivity index (χ1n) is 6.64. The molecule has 0 aromatic heterocycles. The molecule has 2 rings (SSSR count). The van der Waals surface area contributed by atoms with Crippen molar-refractivity contribution in [3.05, 3.63) is 29.8 Å². The minimum atomic E-state index is -4.30. The third-order valence-corrected chi connectivity index (χ3v) is 3.19. The highest BCUT2D eigenvalue weighted by atomic mass is 19.4. The quantitative estimate of drug-likeness (QED) is 0.817. The van der Waals surface area contributed by atoms with Crippen molar-refractivity contribution in [2.45, 2.75) is 12.6 Å². The molecule has 1 aliphatic rings. The molecule has 112 valence electrons. The standard InChI is InChI=1S/C14H18F3NO2/c15-14(16,17)12-1-3-13(4-2-12)20-8-6-18-9-11-5-7-19-10-11/h1-4,11,18H,5-10H2. The number of hydrogen-bond acceptors (Lipinski definition) is 3. The van der Waals surface area contributed by atoms with Crippen LogP contribution in [-0.4, -0.2) is 32.9 Å². The van der Waals surface area contributed by atoms with Crippen LogP contribution in [0.4, 0.5) is 13.2 Å². The molecule has 1 saturated heterocycles. The molecule has 0 spiro atoms. The molecule has 20 heavy (non-hydrogen) atoms. The Morgan fingerprint density at radius 2 is 2.00 bits per heavy atom. The Hall–Kier alpha value is -1.27. The molecule has 0 aliphatic carbocycles. The largest absolute Gasteiger partial charge is 0.492 e. The van der Waals surface area contributed by atoms with E-state index in [0.29, 0.717) is 24.8 Å². The highest BCUT2D eigenvalue weighted by Gasteiger charge is 2.29. The van der Waals surface area contributed by atoms with E-state index in [4.69, 9.17) is 9.47 Å². The Bertz CT molecular complexity index is 400. The lowest BCUT2D eigenvalue weighted by atomic mass is 10.1. The monoisotopic (exact) mass is 289 g/mol. The molecule has 1 fully saturated rings. The lowest BCUT2D eigenvalue weighted by Crippen LogP contribution is -2.27. The van der Waals surface area contributed by atoms with Crippen molar-refractivity contribution in [2.75, 3.05) is 32.9 Å². The first kappa shape index (κ1) is 15.1. The van der Waals surface area contributed by atoms with Crippen LogP contribution in [0, 0.1) is 5.92 Å². The average Bonchev–Trinajstić information content (AvgIpc) is 2.91. The first-order valence-corrected chi connectivity index (χ1v) is 6.64. The van der Waals surface area contributed by atoms with Crippen LogP contribution in [0.15, 0.2) is 24.3 Å². The fraction of sp³-hybridized carbons (Fsp3) is 0.571. The van der Waals surface area contributed by atoms with Gasteiger partial charge in [-0.3, -0.25) is 0 Å². The summed E-state index contributed by atoms with van der Waals surface area (Å²) < 4.78 is 47.7. The van der Waals surface area contributed by atoms with Crippen LogP contribution in [0.2, 0.25) is 0 Å². The minimum Gasteiger partial charge on any atom is -0.492 e. The molecule has 1 heterocycles. The molecular weight excluding hydrogens is 271 g/mol. The van der Waals surface area contributed by atoms with E-state index in [9.17, 15) is 13.2 Å². The number of hydrogen-bond donors (Lipinski definition) is 1. The summed E-state index contributed by atoms with van der Waals surface area (Å²) in [6, 6.07) is 4.73. The third-order valence-electron chi connectivity index (χ3n) is 3.19. The second-order valence-corrected chi connectivity index (χ2v) is 4.80. The van der Waals surface area contributed by atoms with Crippen molar-refractivity contribution in [2.24, 2.45) is 5.92 Å². The average molecular weight is 289 g/mol. The van der Waals surface area contributed by atoms with Gasteiger partial charge in [-0.15, -0.1) is 0 Å². The first-order chi connectivity index (χ1) is 9.55. The van der Waals surface area contributed by atoms with Gasteiger partial charge < -0.3 is 14.8 Å². The van der Waals surface area contributed by atoms with Crippen LogP contribution in [-0.2, 0) is 10.9 Å². The lowest BCUT2D eigenvalue weighted by molar-refractivity contribution is -0.137. The summed E-state index contributed by atoms with van der Waals surface area (Å²) in [5.74, 6) is 1.00. The number of benzene rings is 1. The Kier molecular flexibility index (Phi) is 5.25. The van der Waals surface area contributed by atoms with Gasteiger partial charge in [0.05, 0.1) is 12.2 Å². The number of alkyl halides is 3. The molecule has 1 N–H and O–H groups in total. The molecule has 0 amide bonds. The maximum atomic E-state index is 12.4. The van der Waals surface area contributed by atoms with Crippen molar-refractivity contribution in [1.82, 2.24) is 5.32 Å². The second kappa shape index (κ2) is 6.95.